The second-order valence-electron chi connectivity index (χ2n) is 6.25. The van der Waals surface area contributed by atoms with Crippen LogP contribution >= 0.6 is 11.3 Å². The van der Waals surface area contributed by atoms with Gasteiger partial charge < -0.3 is 14.8 Å². The number of methoxy groups -OCH3 is 1. The van der Waals surface area contributed by atoms with Crippen LogP contribution in [0.5, 0.6) is 0 Å². The first-order valence-corrected chi connectivity index (χ1v) is 10.5. The molecule has 2 aliphatic heterocycles. The van der Waals surface area contributed by atoms with Crippen molar-refractivity contribution in [1.82, 2.24) is 9.62 Å². The topological polar surface area (TPSA) is 111 Å². The van der Waals surface area contributed by atoms with E-state index in [1.165, 1.54) is 15.6 Å². The second kappa shape index (κ2) is 7.29. The van der Waals surface area contributed by atoms with Crippen molar-refractivity contribution in [3.05, 3.63) is 21.4 Å². The Morgan fingerprint density at radius 2 is 2.20 bits per heavy atom. The fourth-order valence-electron chi connectivity index (χ4n) is 3.36. The van der Waals surface area contributed by atoms with Crippen LogP contribution in [0.1, 0.15) is 33.0 Å². The Morgan fingerprint density at radius 1 is 1.48 bits per heavy atom. The minimum Gasteiger partial charge on any atom is -0.383 e. The first-order chi connectivity index (χ1) is 11.9. The van der Waals surface area contributed by atoms with Gasteiger partial charge in [-0.1, -0.05) is 0 Å². The molecule has 1 fully saturated rings. The summed E-state index contributed by atoms with van der Waals surface area (Å²) in [6.45, 7) is 2.15. The zero-order valence-corrected chi connectivity index (χ0v) is 15.7. The van der Waals surface area contributed by atoms with Crippen molar-refractivity contribution in [2.75, 3.05) is 40.0 Å². The molecule has 10 heteroatoms. The number of rotatable bonds is 5. The quantitative estimate of drug-likeness (QED) is 0.699. The van der Waals surface area contributed by atoms with E-state index in [9.17, 15) is 13.2 Å². The average Bonchev–Trinajstić information content (AvgIpc) is 3.01. The van der Waals surface area contributed by atoms with Gasteiger partial charge in [-0.15, -0.1) is 11.3 Å². The zero-order valence-electron chi connectivity index (χ0n) is 14.1. The molecule has 0 atom stereocenters. The minimum absolute atomic E-state index is 0.117. The molecular weight excluding hydrogens is 366 g/mol. The van der Waals surface area contributed by atoms with Crippen LogP contribution in [0.2, 0.25) is 0 Å². The lowest BCUT2D eigenvalue weighted by molar-refractivity contribution is -0.0861. The van der Waals surface area contributed by atoms with Gasteiger partial charge in [0, 0.05) is 31.6 Å². The Bertz CT molecular complexity index is 738. The molecule has 0 bridgehead atoms. The lowest BCUT2D eigenvalue weighted by Gasteiger charge is -2.42. The smallest absolute Gasteiger partial charge is 0.276 e. The normalized spacial score (nSPS) is 20.4. The van der Waals surface area contributed by atoms with E-state index in [2.05, 4.69) is 5.32 Å². The number of ether oxygens (including phenoxy) is 2. The van der Waals surface area contributed by atoms with E-state index < -0.39 is 15.8 Å². The van der Waals surface area contributed by atoms with Crippen molar-refractivity contribution in [2.24, 2.45) is 5.14 Å². The summed E-state index contributed by atoms with van der Waals surface area (Å²) in [6.07, 6.45) is 1.85. The van der Waals surface area contributed by atoms with Gasteiger partial charge in [0.15, 0.2) is 0 Å². The summed E-state index contributed by atoms with van der Waals surface area (Å²) in [5.74, 6) is -0.117. The first kappa shape index (κ1) is 18.7. The van der Waals surface area contributed by atoms with Crippen LogP contribution in [0.3, 0.4) is 0 Å². The highest BCUT2D eigenvalue weighted by Crippen LogP contribution is 2.45. The first-order valence-electron chi connectivity index (χ1n) is 8.18. The number of amides is 1. The van der Waals surface area contributed by atoms with Crippen LogP contribution < -0.4 is 10.5 Å². The Balaban J connectivity index is 1.77. The fraction of sp³-hybridized carbons (Fsp3) is 0.667. The molecule has 3 rings (SSSR count). The Kier molecular flexibility index (Phi) is 5.47. The van der Waals surface area contributed by atoms with Crippen LogP contribution in [0.15, 0.2) is 6.07 Å². The molecule has 1 amide bonds. The molecule has 8 nitrogen and oxygen atoms in total. The molecule has 1 aromatic rings. The molecule has 1 spiro atoms. The van der Waals surface area contributed by atoms with Crippen molar-refractivity contribution in [2.45, 2.75) is 24.9 Å². The summed E-state index contributed by atoms with van der Waals surface area (Å²) in [5, 5.41) is 8.05. The molecular formula is C15H23N3O5S2. The standard InChI is InChI=1S/C15H23N3O5S2/c1-22-9-5-17-14(19)12-10-11-2-8-23-15(13(11)24-12)3-6-18(7-4-15)25(16,20)21/h10H,2-9H2,1H3,(H,17,19)(H2,16,20,21). The molecule has 25 heavy (non-hydrogen) atoms. The SMILES string of the molecule is COCCNC(=O)c1cc2c(s1)C1(CCN(S(N)(=O)=O)CC1)OCC2. The highest BCUT2D eigenvalue weighted by atomic mass is 32.2. The van der Waals surface area contributed by atoms with E-state index in [4.69, 9.17) is 14.6 Å². The molecule has 2 aliphatic rings. The third-order valence-corrected chi connectivity index (χ3v) is 7.12. The summed E-state index contributed by atoms with van der Waals surface area (Å²) in [4.78, 5) is 14.0. The molecule has 1 aromatic heterocycles. The number of piperidine rings is 1. The lowest BCUT2D eigenvalue weighted by Crippen LogP contribution is -2.49. The van der Waals surface area contributed by atoms with E-state index in [1.807, 2.05) is 6.07 Å². The lowest BCUT2D eigenvalue weighted by atomic mass is 9.86. The zero-order chi connectivity index (χ0) is 18.1. The molecule has 0 radical (unpaired) electrons. The molecule has 140 valence electrons. The minimum atomic E-state index is -3.67. The van der Waals surface area contributed by atoms with E-state index in [0.29, 0.717) is 50.6 Å². The highest BCUT2D eigenvalue weighted by molar-refractivity contribution is 7.86. The number of hydrogen-bond acceptors (Lipinski definition) is 6. The average molecular weight is 389 g/mol. The molecule has 0 aromatic carbocycles. The Labute approximate surface area is 151 Å². The predicted molar refractivity (Wildman–Crippen MR) is 93.8 cm³/mol. The van der Waals surface area contributed by atoms with Crippen LogP contribution in [0.4, 0.5) is 0 Å². The number of fused-ring (bicyclic) bond motifs is 2. The summed E-state index contributed by atoms with van der Waals surface area (Å²) >= 11 is 1.44. The third-order valence-electron chi connectivity index (χ3n) is 4.68. The van der Waals surface area contributed by atoms with Gasteiger partial charge in [0.25, 0.3) is 16.1 Å². The maximum atomic E-state index is 12.3. The van der Waals surface area contributed by atoms with Gasteiger partial charge in [0.05, 0.1) is 18.1 Å². The molecule has 0 aliphatic carbocycles. The van der Waals surface area contributed by atoms with Gasteiger partial charge >= 0.3 is 0 Å². The van der Waals surface area contributed by atoms with Crippen molar-refractivity contribution >= 4 is 27.5 Å². The van der Waals surface area contributed by atoms with Gasteiger partial charge in [-0.05, 0) is 30.9 Å². The molecule has 1 saturated heterocycles. The van der Waals surface area contributed by atoms with E-state index in [1.54, 1.807) is 7.11 Å². The van der Waals surface area contributed by atoms with Gasteiger partial charge in [-0.25, -0.2) is 5.14 Å². The van der Waals surface area contributed by atoms with Crippen LogP contribution in [-0.4, -0.2) is 58.6 Å². The number of nitrogens with two attached hydrogens (primary N) is 1. The van der Waals surface area contributed by atoms with Gasteiger partial charge in [0.1, 0.15) is 5.60 Å². The molecule has 3 heterocycles. The van der Waals surface area contributed by atoms with Crippen LogP contribution in [-0.2, 0) is 31.7 Å². The maximum Gasteiger partial charge on any atom is 0.276 e. The molecule has 0 saturated carbocycles. The number of carbonyl (C=O) groups is 1. The number of nitrogens with zero attached hydrogens (tertiary/aromatic N) is 1. The summed E-state index contributed by atoms with van der Waals surface area (Å²) in [5.41, 5.74) is 0.613. The van der Waals surface area contributed by atoms with E-state index in [0.717, 1.165) is 16.9 Å². The number of nitrogens with one attached hydrogen (secondary N) is 1. The maximum absolute atomic E-state index is 12.3. The molecule has 3 N–H and O–H groups in total. The molecule has 0 unspecified atom stereocenters. The highest BCUT2D eigenvalue weighted by Gasteiger charge is 2.44. The van der Waals surface area contributed by atoms with Crippen LogP contribution in [0, 0.1) is 0 Å². The van der Waals surface area contributed by atoms with Crippen molar-refractivity contribution in [1.29, 1.82) is 0 Å². The largest absolute Gasteiger partial charge is 0.383 e. The fourth-order valence-corrected chi connectivity index (χ4v) is 5.38. The predicted octanol–water partition coefficient (Wildman–Crippen LogP) is 0.192. The summed E-state index contributed by atoms with van der Waals surface area (Å²) in [6, 6.07) is 1.93. The van der Waals surface area contributed by atoms with Crippen molar-refractivity contribution in [3.8, 4) is 0 Å². The number of hydrogen-bond donors (Lipinski definition) is 2. The number of thiophene rings is 1. The monoisotopic (exact) mass is 389 g/mol. The summed E-state index contributed by atoms with van der Waals surface area (Å²) in [7, 11) is -2.09. The summed E-state index contributed by atoms with van der Waals surface area (Å²) < 4.78 is 35.4. The van der Waals surface area contributed by atoms with Crippen molar-refractivity contribution in [3.63, 3.8) is 0 Å². The van der Waals surface area contributed by atoms with Crippen LogP contribution in [0.25, 0.3) is 0 Å². The van der Waals surface area contributed by atoms with E-state index >= 15 is 0 Å². The Morgan fingerprint density at radius 3 is 2.84 bits per heavy atom. The van der Waals surface area contributed by atoms with Gasteiger partial charge in [-0.3, -0.25) is 4.79 Å². The van der Waals surface area contributed by atoms with Crippen molar-refractivity contribution < 1.29 is 22.7 Å². The van der Waals surface area contributed by atoms with Gasteiger partial charge in [0.2, 0.25) is 0 Å². The Hall–Kier alpha value is -1.04. The second-order valence-corrected chi connectivity index (χ2v) is 8.85. The van der Waals surface area contributed by atoms with E-state index in [-0.39, 0.29) is 5.91 Å². The van der Waals surface area contributed by atoms with Gasteiger partial charge in [-0.2, -0.15) is 12.7 Å². The number of carbonyl (C=O) groups excluding carboxylic acids is 1. The third kappa shape index (κ3) is 3.88.